The van der Waals surface area contributed by atoms with Gasteiger partial charge in [-0.3, -0.25) is 4.72 Å². The van der Waals surface area contributed by atoms with E-state index >= 15 is 0 Å². The molecule has 4 aromatic rings. The van der Waals surface area contributed by atoms with Crippen molar-refractivity contribution < 1.29 is 17.2 Å². The summed E-state index contributed by atoms with van der Waals surface area (Å²) >= 11 is 0. The average Bonchev–Trinajstić information content (AvgIpc) is 3.05. The lowest BCUT2D eigenvalue weighted by Gasteiger charge is -2.07. The van der Waals surface area contributed by atoms with Crippen LogP contribution >= 0.6 is 0 Å². The molecule has 9 heteroatoms. The molecule has 0 aliphatic carbocycles. The molecule has 28 heavy (non-hydrogen) atoms. The summed E-state index contributed by atoms with van der Waals surface area (Å²) in [6, 6.07) is 11.7. The Morgan fingerprint density at radius 2 is 1.75 bits per heavy atom. The van der Waals surface area contributed by atoms with E-state index in [-0.39, 0.29) is 17.1 Å². The van der Waals surface area contributed by atoms with Gasteiger partial charge in [-0.2, -0.15) is 0 Å². The van der Waals surface area contributed by atoms with Crippen LogP contribution in [-0.4, -0.2) is 29.6 Å². The van der Waals surface area contributed by atoms with Gasteiger partial charge in [0.05, 0.1) is 17.6 Å². The van der Waals surface area contributed by atoms with Crippen LogP contribution in [0.25, 0.3) is 33.5 Å². The van der Waals surface area contributed by atoms with Gasteiger partial charge in [-0.15, -0.1) is 0 Å². The lowest BCUT2D eigenvalue weighted by atomic mass is 10.1. The zero-order chi connectivity index (χ0) is 19.9. The summed E-state index contributed by atoms with van der Waals surface area (Å²) in [6.07, 6.45) is 2.30. The molecule has 0 saturated carbocycles. The van der Waals surface area contributed by atoms with E-state index in [2.05, 4.69) is 19.7 Å². The van der Waals surface area contributed by atoms with Crippen molar-refractivity contribution in [1.82, 2.24) is 15.0 Å². The maximum Gasteiger partial charge on any atom is 0.229 e. The molecule has 0 saturated heterocycles. The molecule has 0 radical (unpaired) electrons. The number of aromatic amines is 1. The number of sulfonamides is 1. The van der Waals surface area contributed by atoms with Crippen LogP contribution in [0.3, 0.4) is 0 Å². The molecular weight excluding hydrogens is 386 g/mol. The van der Waals surface area contributed by atoms with Crippen molar-refractivity contribution in [1.29, 1.82) is 0 Å². The van der Waals surface area contributed by atoms with Crippen LogP contribution in [-0.2, 0) is 10.0 Å². The monoisotopic (exact) mass is 400 g/mol. The molecule has 2 N–H and O–H groups in total. The minimum absolute atomic E-state index is 0.120. The average molecular weight is 400 g/mol. The van der Waals surface area contributed by atoms with Crippen molar-refractivity contribution in [2.24, 2.45) is 0 Å². The van der Waals surface area contributed by atoms with Gasteiger partial charge < -0.3 is 4.98 Å². The predicted molar refractivity (Wildman–Crippen MR) is 103 cm³/mol. The number of nitrogens with one attached hydrogen (secondary N) is 2. The molecule has 6 nitrogen and oxygen atoms in total. The minimum atomic E-state index is -3.51. The SMILES string of the molecule is CS(=O)(=O)Nc1ccc(-c2ncnc3[nH]c(-c4ccc(F)cc4)cc23)c(F)c1. The van der Waals surface area contributed by atoms with E-state index in [1.54, 1.807) is 18.2 Å². The smallest absolute Gasteiger partial charge is 0.229 e. The van der Waals surface area contributed by atoms with Gasteiger partial charge in [0.15, 0.2) is 0 Å². The molecule has 2 heterocycles. The second kappa shape index (κ2) is 6.68. The Hall–Kier alpha value is -3.33. The summed E-state index contributed by atoms with van der Waals surface area (Å²) in [7, 11) is -3.51. The molecule has 0 aliphatic rings. The number of hydrogen-bond donors (Lipinski definition) is 2. The van der Waals surface area contributed by atoms with Gasteiger partial charge in [0.1, 0.15) is 23.6 Å². The van der Waals surface area contributed by atoms with Gasteiger partial charge in [-0.05, 0) is 54.1 Å². The Morgan fingerprint density at radius 3 is 2.43 bits per heavy atom. The lowest BCUT2D eigenvalue weighted by molar-refractivity contribution is 0.606. The van der Waals surface area contributed by atoms with Crippen molar-refractivity contribution in [2.75, 3.05) is 11.0 Å². The highest BCUT2D eigenvalue weighted by atomic mass is 32.2. The van der Waals surface area contributed by atoms with Crippen molar-refractivity contribution >= 4 is 26.7 Å². The third-order valence-electron chi connectivity index (χ3n) is 4.11. The van der Waals surface area contributed by atoms with Gasteiger partial charge in [0.25, 0.3) is 0 Å². The highest BCUT2D eigenvalue weighted by Gasteiger charge is 2.15. The second-order valence-corrected chi connectivity index (χ2v) is 7.99. The Morgan fingerprint density at radius 1 is 1.00 bits per heavy atom. The second-order valence-electron chi connectivity index (χ2n) is 6.24. The summed E-state index contributed by atoms with van der Waals surface area (Å²) in [5.41, 5.74) is 2.62. The van der Waals surface area contributed by atoms with E-state index < -0.39 is 15.8 Å². The highest BCUT2D eigenvalue weighted by Crippen LogP contribution is 2.32. The van der Waals surface area contributed by atoms with Crippen LogP contribution in [0.1, 0.15) is 0 Å². The molecule has 0 aliphatic heterocycles. The lowest BCUT2D eigenvalue weighted by Crippen LogP contribution is -2.09. The largest absolute Gasteiger partial charge is 0.339 e. The van der Waals surface area contributed by atoms with Gasteiger partial charge in [0, 0.05) is 16.6 Å². The molecular formula is C19H14F2N4O2S. The summed E-state index contributed by atoms with van der Waals surface area (Å²) < 4.78 is 52.7. The zero-order valence-corrected chi connectivity index (χ0v) is 15.4. The zero-order valence-electron chi connectivity index (χ0n) is 14.6. The standard InChI is InChI=1S/C19H14F2N4O2S/c1-28(26,27)25-13-6-7-14(16(21)8-13)18-15-9-17(24-19(15)23-10-22-18)11-2-4-12(20)5-3-11/h2-10,25H,1H3,(H,22,23,24). The maximum atomic E-state index is 14.7. The first-order valence-electron chi connectivity index (χ1n) is 8.17. The third kappa shape index (κ3) is 3.56. The topological polar surface area (TPSA) is 87.7 Å². The van der Waals surface area contributed by atoms with Gasteiger partial charge in [-0.1, -0.05) is 0 Å². The Balaban J connectivity index is 1.80. The van der Waals surface area contributed by atoms with E-state index in [4.69, 9.17) is 0 Å². The molecule has 0 unspecified atom stereocenters. The van der Waals surface area contributed by atoms with Crippen molar-refractivity contribution in [3.8, 4) is 22.5 Å². The van der Waals surface area contributed by atoms with Crippen LogP contribution in [0.15, 0.2) is 54.9 Å². The molecule has 0 atom stereocenters. The van der Waals surface area contributed by atoms with Crippen LogP contribution in [0.5, 0.6) is 0 Å². The van der Waals surface area contributed by atoms with Crippen molar-refractivity contribution in [3.05, 3.63) is 66.5 Å². The first-order valence-corrected chi connectivity index (χ1v) is 10.1. The number of halogens is 2. The fourth-order valence-electron chi connectivity index (χ4n) is 2.92. The van der Waals surface area contributed by atoms with E-state index in [9.17, 15) is 17.2 Å². The molecule has 0 bridgehead atoms. The molecule has 4 rings (SSSR count). The summed E-state index contributed by atoms with van der Waals surface area (Å²) in [4.78, 5) is 11.5. The number of fused-ring (bicyclic) bond motifs is 1. The summed E-state index contributed by atoms with van der Waals surface area (Å²) in [5, 5.41) is 0.588. The molecule has 0 fully saturated rings. The molecule has 2 aromatic heterocycles. The minimum Gasteiger partial charge on any atom is -0.339 e. The first-order chi connectivity index (χ1) is 13.3. The van der Waals surface area contributed by atoms with Gasteiger partial charge in [0.2, 0.25) is 10.0 Å². The third-order valence-corrected chi connectivity index (χ3v) is 4.71. The predicted octanol–water partition coefficient (Wildman–Crippen LogP) is 3.94. The Kier molecular flexibility index (Phi) is 4.31. The van der Waals surface area contributed by atoms with E-state index in [1.807, 2.05) is 0 Å². The van der Waals surface area contributed by atoms with E-state index in [0.29, 0.717) is 22.4 Å². The highest BCUT2D eigenvalue weighted by molar-refractivity contribution is 7.92. The normalized spacial score (nSPS) is 11.7. The molecule has 142 valence electrons. The van der Waals surface area contributed by atoms with Crippen LogP contribution in [0.4, 0.5) is 14.5 Å². The molecule has 2 aromatic carbocycles. The number of anilines is 1. The van der Waals surface area contributed by atoms with Crippen LogP contribution < -0.4 is 4.72 Å². The van der Waals surface area contributed by atoms with Gasteiger partial charge in [-0.25, -0.2) is 27.2 Å². The quantitative estimate of drug-likeness (QED) is 0.543. The molecule has 0 amide bonds. The van der Waals surface area contributed by atoms with E-state index in [1.165, 1.54) is 30.6 Å². The number of aromatic nitrogens is 3. The maximum absolute atomic E-state index is 14.7. The number of H-pyrrole nitrogens is 1. The first kappa shape index (κ1) is 18.1. The fraction of sp³-hybridized carbons (Fsp3) is 0.0526. The fourth-order valence-corrected chi connectivity index (χ4v) is 3.48. The number of rotatable bonds is 4. The Labute approximate surface area is 159 Å². The van der Waals surface area contributed by atoms with Gasteiger partial charge >= 0.3 is 0 Å². The van der Waals surface area contributed by atoms with Crippen molar-refractivity contribution in [2.45, 2.75) is 0 Å². The number of hydrogen-bond acceptors (Lipinski definition) is 4. The van der Waals surface area contributed by atoms with Crippen LogP contribution in [0, 0.1) is 11.6 Å². The summed E-state index contributed by atoms with van der Waals surface area (Å²) in [6.45, 7) is 0. The van der Waals surface area contributed by atoms with E-state index in [0.717, 1.165) is 17.9 Å². The Bertz CT molecular complexity index is 1290. The number of benzene rings is 2. The van der Waals surface area contributed by atoms with Crippen molar-refractivity contribution in [3.63, 3.8) is 0 Å². The summed E-state index contributed by atoms with van der Waals surface area (Å²) in [5.74, 6) is -0.969. The van der Waals surface area contributed by atoms with Crippen LogP contribution in [0.2, 0.25) is 0 Å². The number of nitrogens with zero attached hydrogens (tertiary/aromatic N) is 2. The molecule has 0 spiro atoms.